The normalized spacial score (nSPS) is 23.6. The molecule has 0 amide bonds. The Morgan fingerprint density at radius 3 is 2.85 bits per heavy atom. The molecule has 1 unspecified atom stereocenters. The van der Waals surface area contributed by atoms with Crippen LogP contribution in [-0.4, -0.2) is 33.3 Å². The Kier molecular flexibility index (Phi) is 4.15. The van der Waals surface area contributed by atoms with Crippen molar-refractivity contribution in [2.45, 2.75) is 32.2 Å². The third-order valence-electron chi connectivity index (χ3n) is 2.17. The first-order chi connectivity index (χ1) is 6.14. The highest BCUT2D eigenvalue weighted by Crippen LogP contribution is 2.01. The lowest BCUT2D eigenvalue weighted by Crippen LogP contribution is -2.37. The van der Waals surface area contributed by atoms with E-state index in [1.807, 2.05) is 6.92 Å². The zero-order valence-electron chi connectivity index (χ0n) is 8.04. The van der Waals surface area contributed by atoms with Crippen LogP contribution in [0.15, 0.2) is 0 Å². The minimum Gasteiger partial charge on any atom is -0.315 e. The molecule has 1 saturated heterocycles. The summed E-state index contributed by atoms with van der Waals surface area (Å²) in [5, 5.41) is 3.12. The van der Waals surface area contributed by atoms with Gasteiger partial charge >= 0.3 is 0 Å². The summed E-state index contributed by atoms with van der Waals surface area (Å²) < 4.78 is 25.5. The van der Waals surface area contributed by atoms with E-state index in [-0.39, 0.29) is 11.8 Å². The summed E-state index contributed by atoms with van der Waals surface area (Å²) in [7, 11) is -3.02. The highest BCUT2D eigenvalue weighted by Gasteiger charge is 2.20. The number of unbranched alkanes of at least 4 members (excludes halogenated alkanes) is 1. The summed E-state index contributed by atoms with van der Waals surface area (Å²) in [6.07, 6.45) is 2.57. The Labute approximate surface area is 80.1 Å². The van der Waals surface area contributed by atoms with Crippen LogP contribution in [0.1, 0.15) is 26.2 Å². The van der Waals surface area contributed by atoms with Crippen LogP contribution >= 0.6 is 0 Å². The van der Waals surface area contributed by atoms with Crippen molar-refractivity contribution in [3.63, 3.8) is 0 Å². The van der Waals surface area contributed by atoms with Crippen molar-refractivity contribution >= 4 is 10.0 Å². The first-order valence-electron chi connectivity index (χ1n) is 4.85. The molecule has 1 heterocycles. The van der Waals surface area contributed by atoms with Crippen molar-refractivity contribution in [1.82, 2.24) is 10.0 Å². The monoisotopic (exact) mass is 206 g/mol. The molecule has 4 nitrogen and oxygen atoms in total. The Bertz CT molecular complexity index is 233. The van der Waals surface area contributed by atoms with Gasteiger partial charge in [-0.05, 0) is 19.4 Å². The molecule has 13 heavy (non-hydrogen) atoms. The van der Waals surface area contributed by atoms with Crippen LogP contribution in [0.2, 0.25) is 0 Å². The van der Waals surface area contributed by atoms with Crippen LogP contribution in [0.5, 0.6) is 0 Å². The third kappa shape index (κ3) is 4.06. The largest absolute Gasteiger partial charge is 0.315 e. The predicted octanol–water partition coefficient (Wildman–Crippen LogP) is 0.0678. The molecule has 78 valence electrons. The molecule has 0 aromatic heterocycles. The van der Waals surface area contributed by atoms with Crippen LogP contribution < -0.4 is 10.0 Å². The van der Waals surface area contributed by atoms with Crippen molar-refractivity contribution in [2.24, 2.45) is 0 Å². The molecule has 0 aromatic carbocycles. The summed E-state index contributed by atoms with van der Waals surface area (Å²) in [5.41, 5.74) is 0. The first-order valence-corrected chi connectivity index (χ1v) is 6.50. The minimum atomic E-state index is -3.02. The second kappa shape index (κ2) is 4.93. The van der Waals surface area contributed by atoms with Gasteiger partial charge in [0.05, 0.1) is 5.75 Å². The van der Waals surface area contributed by atoms with Crippen LogP contribution in [0.3, 0.4) is 0 Å². The maximum atomic E-state index is 11.4. The molecule has 1 fully saturated rings. The Morgan fingerprint density at radius 1 is 1.54 bits per heavy atom. The molecule has 0 aliphatic carbocycles. The van der Waals surface area contributed by atoms with E-state index in [0.717, 1.165) is 32.4 Å². The van der Waals surface area contributed by atoms with Gasteiger partial charge in [-0.25, -0.2) is 13.1 Å². The van der Waals surface area contributed by atoms with Gasteiger partial charge in [0.2, 0.25) is 10.0 Å². The van der Waals surface area contributed by atoms with E-state index >= 15 is 0 Å². The fraction of sp³-hybridized carbons (Fsp3) is 1.00. The molecule has 1 atom stereocenters. The molecule has 0 bridgehead atoms. The maximum absolute atomic E-state index is 11.4. The summed E-state index contributed by atoms with van der Waals surface area (Å²) in [4.78, 5) is 0. The smallest absolute Gasteiger partial charge is 0.211 e. The van der Waals surface area contributed by atoms with E-state index in [4.69, 9.17) is 0 Å². The zero-order chi connectivity index (χ0) is 9.73. The lowest BCUT2D eigenvalue weighted by atomic mass is 10.3. The van der Waals surface area contributed by atoms with Crippen LogP contribution in [-0.2, 0) is 10.0 Å². The molecular formula is C8H18N2O2S. The molecule has 0 aromatic rings. The lowest BCUT2D eigenvalue weighted by Gasteiger charge is -2.11. The maximum Gasteiger partial charge on any atom is 0.211 e. The minimum absolute atomic E-state index is 0.113. The highest BCUT2D eigenvalue weighted by molar-refractivity contribution is 7.89. The van der Waals surface area contributed by atoms with Gasteiger partial charge in [-0.1, -0.05) is 13.3 Å². The van der Waals surface area contributed by atoms with E-state index in [1.54, 1.807) is 0 Å². The average molecular weight is 206 g/mol. The van der Waals surface area contributed by atoms with Gasteiger partial charge in [-0.15, -0.1) is 0 Å². The van der Waals surface area contributed by atoms with Gasteiger partial charge in [0.25, 0.3) is 0 Å². The van der Waals surface area contributed by atoms with Crippen molar-refractivity contribution in [1.29, 1.82) is 0 Å². The van der Waals surface area contributed by atoms with Crippen LogP contribution in [0.4, 0.5) is 0 Å². The number of sulfonamides is 1. The summed E-state index contributed by atoms with van der Waals surface area (Å²) in [6, 6.07) is 0.113. The molecule has 5 heteroatoms. The summed E-state index contributed by atoms with van der Waals surface area (Å²) >= 11 is 0. The number of nitrogens with one attached hydrogen (secondary N) is 2. The number of hydrogen-bond donors (Lipinski definition) is 2. The highest BCUT2D eigenvalue weighted by atomic mass is 32.2. The van der Waals surface area contributed by atoms with Gasteiger partial charge in [0, 0.05) is 12.6 Å². The van der Waals surface area contributed by atoms with E-state index < -0.39 is 10.0 Å². The van der Waals surface area contributed by atoms with Crippen LogP contribution in [0.25, 0.3) is 0 Å². The van der Waals surface area contributed by atoms with Gasteiger partial charge in [-0.2, -0.15) is 0 Å². The topological polar surface area (TPSA) is 58.2 Å². The van der Waals surface area contributed by atoms with Gasteiger partial charge in [-0.3, -0.25) is 0 Å². The lowest BCUT2D eigenvalue weighted by molar-refractivity contribution is 0.557. The number of hydrogen-bond acceptors (Lipinski definition) is 3. The van der Waals surface area contributed by atoms with Gasteiger partial charge in [0.15, 0.2) is 0 Å². The first kappa shape index (κ1) is 10.9. The fourth-order valence-corrected chi connectivity index (χ4v) is 2.90. The second-order valence-corrected chi connectivity index (χ2v) is 5.35. The van der Waals surface area contributed by atoms with E-state index in [2.05, 4.69) is 10.0 Å². The van der Waals surface area contributed by atoms with E-state index in [9.17, 15) is 8.42 Å². The quantitative estimate of drug-likeness (QED) is 0.669. The van der Waals surface area contributed by atoms with Crippen LogP contribution in [0, 0.1) is 0 Å². The molecule has 0 radical (unpaired) electrons. The summed E-state index contributed by atoms with van der Waals surface area (Å²) in [5.74, 6) is 0.264. The van der Waals surface area contributed by atoms with Gasteiger partial charge in [0.1, 0.15) is 0 Å². The van der Waals surface area contributed by atoms with Crippen molar-refractivity contribution < 1.29 is 8.42 Å². The SMILES string of the molecule is CCCCS(=O)(=O)NC1CCNC1. The van der Waals surface area contributed by atoms with E-state index in [1.165, 1.54) is 0 Å². The molecule has 1 aliphatic rings. The predicted molar refractivity (Wildman–Crippen MR) is 53.1 cm³/mol. The Hall–Kier alpha value is -0.130. The van der Waals surface area contributed by atoms with Crippen molar-refractivity contribution in [3.05, 3.63) is 0 Å². The molecule has 0 saturated carbocycles. The molecular weight excluding hydrogens is 188 g/mol. The van der Waals surface area contributed by atoms with E-state index in [0.29, 0.717) is 0 Å². The zero-order valence-corrected chi connectivity index (χ0v) is 8.86. The van der Waals surface area contributed by atoms with Crippen molar-refractivity contribution in [2.75, 3.05) is 18.8 Å². The number of rotatable bonds is 5. The molecule has 1 rings (SSSR count). The third-order valence-corrected chi connectivity index (χ3v) is 3.69. The molecule has 1 aliphatic heterocycles. The van der Waals surface area contributed by atoms with Crippen molar-refractivity contribution in [3.8, 4) is 0 Å². The van der Waals surface area contributed by atoms with Gasteiger partial charge < -0.3 is 5.32 Å². The molecule has 0 spiro atoms. The second-order valence-electron chi connectivity index (χ2n) is 3.48. The standard InChI is InChI=1S/C8H18N2O2S/c1-2-3-6-13(11,12)10-8-4-5-9-7-8/h8-10H,2-7H2,1H3. The Balaban J connectivity index is 2.32. The Morgan fingerprint density at radius 2 is 2.31 bits per heavy atom. The summed E-state index contributed by atoms with van der Waals surface area (Å²) in [6.45, 7) is 3.68. The molecule has 2 N–H and O–H groups in total. The fourth-order valence-electron chi connectivity index (χ4n) is 1.40. The average Bonchev–Trinajstić information content (AvgIpc) is 2.52.